The zero-order valence-electron chi connectivity index (χ0n) is 11.8. The standard InChI is InChI=1S/C15H16N2O3S/c1-9-4-3-5-11(6-9)14-17-12(8-21-14)7-13(18)16-10(2)15(19)20/h3-6,8,10H,7H2,1-2H3,(H,16,18)(H,19,20)/t10-/m1/s1. The smallest absolute Gasteiger partial charge is 0.325 e. The van der Waals surface area contributed by atoms with Crippen LogP contribution in [-0.4, -0.2) is 28.0 Å². The fourth-order valence-corrected chi connectivity index (χ4v) is 2.63. The first-order chi connectivity index (χ1) is 9.95. The predicted octanol–water partition coefficient (Wildman–Crippen LogP) is 2.25. The molecule has 0 unspecified atom stereocenters. The van der Waals surface area contributed by atoms with E-state index in [1.54, 1.807) is 0 Å². The summed E-state index contributed by atoms with van der Waals surface area (Å²) in [5, 5.41) is 13.8. The number of carbonyl (C=O) groups excluding carboxylic acids is 1. The number of benzene rings is 1. The lowest BCUT2D eigenvalue weighted by Crippen LogP contribution is -2.39. The van der Waals surface area contributed by atoms with Crippen molar-refractivity contribution in [1.82, 2.24) is 10.3 Å². The van der Waals surface area contributed by atoms with E-state index < -0.39 is 12.0 Å². The molecule has 2 N–H and O–H groups in total. The van der Waals surface area contributed by atoms with Gasteiger partial charge < -0.3 is 10.4 Å². The number of hydrogen-bond donors (Lipinski definition) is 2. The van der Waals surface area contributed by atoms with Gasteiger partial charge in [-0.3, -0.25) is 9.59 Å². The first-order valence-corrected chi connectivity index (χ1v) is 7.37. The van der Waals surface area contributed by atoms with Crippen LogP contribution in [-0.2, 0) is 16.0 Å². The number of amides is 1. The summed E-state index contributed by atoms with van der Waals surface area (Å²) in [7, 11) is 0. The van der Waals surface area contributed by atoms with Crippen molar-refractivity contribution in [2.75, 3.05) is 0 Å². The van der Waals surface area contributed by atoms with Crippen molar-refractivity contribution in [1.29, 1.82) is 0 Å². The second-order valence-electron chi connectivity index (χ2n) is 4.82. The molecule has 0 fully saturated rings. The summed E-state index contributed by atoms with van der Waals surface area (Å²) in [5.41, 5.74) is 2.81. The Morgan fingerprint density at radius 2 is 2.19 bits per heavy atom. The Labute approximate surface area is 126 Å². The van der Waals surface area contributed by atoms with Crippen LogP contribution in [0, 0.1) is 6.92 Å². The maximum absolute atomic E-state index is 11.7. The number of thiazole rings is 1. The van der Waals surface area contributed by atoms with Gasteiger partial charge >= 0.3 is 5.97 Å². The Bertz CT molecular complexity index is 666. The highest BCUT2D eigenvalue weighted by Crippen LogP contribution is 2.24. The molecular weight excluding hydrogens is 288 g/mol. The molecule has 0 aliphatic carbocycles. The third-order valence-electron chi connectivity index (χ3n) is 2.91. The lowest BCUT2D eigenvalue weighted by Gasteiger charge is -2.07. The number of nitrogens with one attached hydrogen (secondary N) is 1. The van der Waals surface area contributed by atoms with Gasteiger partial charge in [-0.2, -0.15) is 0 Å². The van der Waals surface area contributed by atoms with E-state index in [0.717, 1.165) is 16.1 Å². The van der Waals surface area contributed by atoms with E-state index in [2.05, 4.69) is 10.3 Å². The molecule has 0 aliphatic heterocycles. The van der Waals surface area contributed by atoms with Crippen LogP contribution < -0.4 is 5.32 Å². The van der Waals surface area contributed by atoms with Gasteiger partial charge in [-0.15, -0.1) is 11.3 Å². The molecule has 1 aromatic heterocycles. The highest BCUT2D eigenvalue weighted by atomic mass is 32.1. The van der Waals surface area contributed by atoms with Crippen LogP contribution in [0.15, 0.2) is 29.6 Å². The number of hydrogen-bond acceptors (Lipinski definition) is 4. The third-order valence-corrected chi connectivity index (χ3v) is 3.85. The number of nitrogens with zero attached hydrogens (tertiary/aromatic N) is 1. The van der Waals surface area contributed by atoms with Crippen LogP contribution in [0.5, 0.6) is 0 Å². The summed E-state index contributed by atoms with van der Waals surface area (Å²) < 4.78 is 0. The Kier molecular flexibility index (Phi) is 4.70. The number of aliphatic carboxylic acids is 1. The van der Waals surface area contributed by atoms with Gasteiger partial charge in [0.25, 0.3) is 0 Å². The van der Waals surface area contributed by atoms with Gasteiger partial charge in [0.05, 0.1) is 12.1 Å². The third kappa shape index (κ3) is 4.13. The number of aromatic nitrogens is 1. The van der Waals surface area contributed by atoms with Crippen molar-refractivity contribution in [2.24, 2.45) is 0 Å². The Balaban J connectivity index is 2.03. The first kappa shape index (κ1) is 15.2. The molecule has 1 atom stereocenters. The van der Waals surface area contributed by atoms with Crippen LogP contribution in [0.2, 0.25) is 0 Å². The average Bonchev–Trinajstić information content (AvgIpc) is 2.86. The van der Waals surface area contributed by atoms with Crippen molar-refractivity contribution in [2.45, 2.75) is 26.3 Å². The van der Waals surface area contributed by atoms with Crippen molar-refractivity contribution in [3.63, 3.8) is 0 Å². The molecule has 0 spiro atoms. The minimum absolute atomic E-state index is 0.0833. The summed E-state index contributed by atoms with van der Waals surface area (Å²) in [4.78, 5) is 26.8. The van der Waals surface area contributed by atoms with E-state index in [0.29, 0.717) is 5.69 Å². The van der Waals surface area contributed by atoms with Gasteiger partial charge in [-0.05, 0) is 19.9 Å². The quantitative estimate of drug-likeness (QED) is 0.888. The molecule has 21 heavy (non-hydrogen) atoms. The highest BCUT2D eigenvalue weighted by Gasteiger charge is 2.15. The van der Waals surface area contributed by atoms with Gasteiger partial charge in [-0.25, -0.2) is 4.98 Å². The Morgan fingerprint density at radius 1 is 1.43 bits per heavy atom. The number of carboxylic acid groups (broad SMARTS) is 1. The van der Waals surface area contributed by atoms with E-state index in [4.69, 9.17) is 5.11 Å². The maximum atomic E-state index is 11.7. The molecule has 0 saturated carbocycles. The van der Waals surface area contributed by atoms with Gasteiger partial charge in [0.1, 0.15) is 11.0 Å². The molecule has 2 aromatic rings. The van der Waals surface area contributed by atoms with Crippen molar-refractivity contribution in [3.8, 4) is 10.6 Å². The Morgan fingerprint density at radius 3 is 2.86 bits per heavy atom. The van der Waals surface area contributed by atoms with E-state index in [1.807, 2.05) is 36.6 Å². The molecule has 0 saturated heterocycles. The minimum Gasteiger partial charge on any atom is -0.480 e. The van der Waals surface area contributed by atoms with Gasteiger partial charge in [-0.1, -0.05) is 23.8 Å². The monoisotopic (exact) mass is 304 g/mol. The molecule has 110 valence electrons. The van der Waals surface area contributed by atoms with Crippen LogP contribution in [0.4, 0.5) is 0 Å². The van der Waals surface area contributed by atoms with Crippen LogP contribution in [0.1, 0.15) is 18.2 Å². The fraction of sp³-hybridized carbons (Fsp3) is 0.267. The predicted molar refractivity (Wildman–Crippen MR) is 81.2 cm³/mol. The SMILES string of the molecule is Cc1cccc(-c2nc(CC(=O)N[C@H](C)C(=O)O)cs2)c1. The highest BCUT2D eigenvalue weighted by molar-refractivity contribution is 7.13. The average molecular weight is 304 g/mol. The van der Waals surface area contributed by atoms with E-state index in [9.17, 15) is 9.59 Å². The molecule has 0 aliphatic rings. The normalized spacial score (nSPS) is 11.9. The number of carbonyl (C=O) groups is 2. The fourth-order valence-electron chi connectivity index (χ4n) is 1.82. The van der Waals surface area contributed by atoms with Gasteiger partial charge in [0, 0.05) is 10.9 Å². The number of aryl methyl sites for hydroxylation is 1. The zero-order chi connectivity index (χ0) is 15.4. The first-order valence-electron chi connectivity index (χ1n) is 6.49. The summed E-state index contributed by atoms with van der Waals surface area (Å²) in [6.45, 7) is 3.44. The van der Waals surface area contributed by atoms with Crippen molar-refractivity contribution < 1.29 is 14.7 Å². The molecule has 2 rings (SSSR count). The molecule has 0 radical (unpaired) electrons. The van der Waals surface area contributed by atoms with Crippen molar-refractivity contribution in [3.05, 3.63) is 40.9 Å². The zero-order valence-corrected chi connectivity index (χ0v) is 12.6. The second-order valence-corrected chi connectivity index (χ2v) is 5.68. The topological polar surface area (TPSA) is 79.3 Å². The molecular formula is C15H16N2O3S. The van der Waals surface area contributed by atoms with Gasteiger partial charge in [0.2, 0.25) is 5.91 Å². The lowest BCUT2D eigenvalue weighted by atomic mass is 10.1. The second kappa shape index (κ2) is 6.49. The maximum Gasteiger partial charge on any atom is 0.325 e. The summed E-state index contributed by atoms with van der Waals surface area (Å²) in [6, 6.07) is 7.09. The van der Waals surface area contributed by atoms with E-state index >= 15 is 0 Å². The largest absolute Gasteiger partial charge is 0.480 e. The van der Waals surface area contributed by atoms with E-state index in [1.165, 1.54) is 18.3 Å². The van der Waals surface area contributed by atoms with Crippen molar-refractivity contribution >= 4 is 23.2 Å². The van der Waals surface area contributed by atoms with Crippen LogP contribution >= 0.6 is 11.3 Å². The summed E-state index contributed by atoms with van der Waals surface area (Å²) >= 11 is 1.47. The molecule has 6 heteroatoms. The molecule has 1 amide bonds. The molecule has 0 bridgehead atoms. The van der Waals surface area contributed by atoms with Crippen LogP contribution in [0.3, 0.4) is 0 Å². The molecule has 5 nitrogen and oxygen atoms in total. The lowest BCUT2D eigenvalue weighted by molar-refractivity contribution is -0.141. The van der Waals surface area contributed by atoms with Crippen LogP contribution in [0.25, 0.3) is 10.6 Å². The summed E-state index contributed by atoms with van der Waals surface area (Å²) in [5.74, 6) is -1.40. The van der Waals surface area contributed by atoms with E-state index in [-0.39, 0.29) is 12.3 Å². The number of rotatable bonds is 5. The summed E-state index contributed by atoms with van der Waals surface area (Å²) in [6.07, 6.45) is 0.0833. The molecule has 1 heterocycles. The minimum atomic E-state index is -1.05. The van der Waals surface area contributed by atoms with Gasteiger partial charge in [0.15, 0.2) is 0 Å². The molecule has 1 aromatic carbocycles. The Hall–Kier alpha value is -2.21. The number of carboxylic acids is 1.